The van der Waals surface area contributed by atoms with Gasteiger partial charge in [-0.25, -0.2) is 0 Å². The van der Waals surface area contributed by atoms with Crippen molar-refractivity contribution in [1.29, 1.82) is 0 Å². The molecule has 78 valence electrons. The fraction of sp³-hybridized carbons (Fsp3) is 0.778. The van der Waals surface area contributed by atoms with Gasteiger partial charge in [0.2, 0.25) is 5.89 Å². The highest BCUT2D eigenvalue weighted by Crippen LogP contribution is 2.09. The van der Waals surface area contributed by atoms with Gasteiger partial charge in [-0.05, 0) is 13.0 Å². The quantitative estimate of drug-likeness (QED) is 0.731. The molecule has 1 aliphatic rings. The van der Waals surface area contributed by atoms with E-state index >= 15 is 0 Å². The van der Waals surface area contributed by atoms with Crippen LogP contribution in [0.15, 0.2) is 10.9 Å². The largest absolute Gasteiger partial charge is 0.338 e. The summed E-state index contributed by atoms with van der Waals surface area (Å²) in [4.78, 5) is 6.43. The minimum atomic E-state index is 0.641. The van der Waals surface area contributed by atoms with Gasteiger partial charge in [-0.3, -0.25) is 4.90 Å². The van der Waals surface area contributed by atoms with E-state index in [0.717, 1.165) is 32.6 Å². The first-order valence-corrected chi connectivity index (χ1v) is 5.10. The van der Waals surface area contributed by atoms with E-state index in [2.05, 4.69) is 27.3 Å². The minimum Gasteiger partial charge on any atom is -0.338 e. The zero-order valence-electron chi connectivity index (χ0n) is 8.44. The van der Waals surface area contributed by atoms with Crippen LogP contribution in [0.25, 0.3) is 0 Å². The minimum absolute atomic E-state index is 0.641. The van der Waals surface area contributed by atoms with Crippen LogP contribution in [-0.4, -0.2) is 40.7 Å². The Morgan fingerprint density at radius 2 is 2.50 bits per heavy atom. The van der Waals surface area contributed by atoms with Crippen LogP contribution >= 0.6 is 0 Å². The molecule has 0 atom stereocenters. The van der Waals surface area contributed by atoms with Gasteiger partial charge >= 0.3 is 0 Å². The zero-order chi connectivity index (χ0) is 9.80. The van der Waals surface area contributed by atoms with Crippen molar-refractivity contribution in [3.05, 3.63) is 12.2 Å². The SMILES string of the molecule is CCCN(Cc1ncno1)C1CNC1. The maximum absolute atomic E-state index is 5.01. The van der Waals surface area contributed by atoms with Gasteiger partial charge in [0.15, 0.2) is 6.33 Å². The molecule has 2 heterocycles. The molecule has 0 spiro atoms. The molecule has 1 fully saturated rings. The Morgan fingerprint density at radius 3 is 3.00 bits per heavy atom. The summed E-state index contributed by atoms with van der Waals surface area (Å²) < 4.78 is 5.01. The van der Waals surface area contributed by atoms with Gasteiger partial charge < -0.3 is 9.84 Å². The summed E-state index contributed by atoms with van der Waals surface area (Å²) in [7, 11) is 0. The predicted molar refractivity (Wildman–Crippen MR) is 51.7 cm³/mol. The van der Waals surface area contributed by atoms with E-state index in [1.54, 1.807) is 0 Å². The van der Waals surface area contributed by atoms with Crippen LogP contribution < -0.4 is 5.32 Å². The van der Waals surface area contributed by atoms with Crippen molar-refractivity contribution in [1.82, 2.24) is 20.4 Å². The van der Waals surface area contributed by atoms with Crippen molar-refractivity contribution in [3.63, 3.8) is 0 Å². The molecule has 0 saturated carbocycles. The Hall–Kier alpha value is -0.940. The molecule has 0 radical (unpaired) electrons. The van der Waals surface area contributed by atoms with Crippen LogP contribution in [-0.2, 0) is 6.54 Å². The van der Waals surface area contributed by atoms with Crippen LogP contribution in [0.1, 0.15) is 19.2 Å². The number of rotatable bonds is 5. The topological polar surface area (TPSA) is 54.2 Å². The second-order valence-electron chi connectivity index (χ2n) is 3.62. The average Bonchev–Trinajstić information content (AvgIpc) is 2.54. The number of nitrogens with zero attached hydrogens (tertiary/aromatic N) is 3. The molecule has 0 aliphatic carbocycles. The summed E-state index contributed by atoms with van der Waals surface area (Å²) in [6, 6.07) is 0.641. The highest BCUT2D eigenvalue weighted by Gasteiger charge is 2.24. The fourth-order valence-electron chi connectivity index (χ4n) is 1.65. The highest BCUT2D eigenvalue weighted by atomic mass is 16.5. The maximum Gasteiger partial charge on any atom is 0.240 e. The van der Waals surface area contributed by atoms with Crippen LogP contribution in [0.5, 0.6) is 0 Å². The first-order valence-electron chi connectivity index (χ1n) is 5.10. The third-order valence-electron chi connectivity index (χ3n) is 2.53. The maximum atomic E-state index is 5.01. The van der Waals surface area contributed by atoms with Gasteiger partial charge in [-0.15, -0.1) is 0 Å². The molecule has 0 bridgehead atoms. The summed E-state index contributed by atoms with van der Waals surface area (Å²) in [5.74, 6) is 0.713. The number of hydrogen-bond acceptors (Lipinski definition) is 5. The Bertz CT molecular complexity index is 258. The number of aromatic nitrogens is 2. The first kappa shape index (κ1) is 9.61. The van der Waals surface area contributed by atoms with E-state index in [0.29, 0.717) is 11.9 Å². The van der Waals surface area contributed by atoms with E-state index in [-0.39, 0.29) is 0 Å². The lowest BCUT2D eigenvalue weighted by Gasteiger charge is -2.37. The molecule has 0 unspecified atom stereocenters. The molecule has 0 amide bonds. The Balaban J connectivity index is 1.89. The number of nitrogens with one attached hydrogen (secondary N) is 1. The van der Waals surface area contributed by atoms with E-state index < -0.39 is 0 Å². The lowest BCUT2D eigenvalue weighted by Crippen LogP contribution is -2.57. The van der Waals surface area contributed by atoms with Gasteiger partial charge in [0.25, 0.3) is 0 Å². The summed E-state index contributed by atoms with van der Waals surface area (Å²) in [6.45, 7) is 6.21. The predicted octanol–water partition coefficient (Wildman–Crippen LogP) is 0.253. The molecule has 0 aromatic carbocycles. The molecule has 2 rings (SSSR count). The fourth-order valence-corrected chi connectivity index (χ4v) is 1.65. The highest BCUT2D eigenvalue weighted by molar-refractivity contribution is 4.87. The van der Waals surface area contributed by atoms with E-state index in [1.807, 2.05) is 0 Å². The summed E-state index contributed by atoms with van der Waals surface area (Å²) in [5.41, 5.74) is 0. The molecule has 1 aromatic heterocycles. The molecule has 14 heavy (non-hydrogen) atoms. The molecule has 1 N–H and O–H groups in total. The van der Waals surface area contributed by atoms with Crippen LogP contribution in [0, 0.1) is 0 Å². The van der Waals surface area contributed by atoms with Crippen LogP contribution in [0.2, 0.25) is 0 Å². The van der Waals surface area contributed by atoms with Gasteiger partial charge in [-0.1, -0.05) is 12.1 Å². The lowest BCUT2D eigenvalue weighted by molar-refractivity contribution is 0.122. The second kappa shape index (κ2) is 4.52. The molecule has 1 aliphatic heterocycles. The van der Waals surface area contributed by atoms with E-state index in [4.69, 9.17) is 4.52 Å². The summed E-state index contributed by atoms with van der Waals surface area (Å²) in [6.07, 6.45) is 2.61. The lowest BCUT2D eigenvalue weighted by atomic mass is 10.1. The molecule has 5 heteroatoms. The van der Waals surface area contributed by atoms with Gasteiger partial charge in [0, 0.05) is 19.1 Å². The van der Waals surface area contributed by atoms with Crippen molar-refractivity contribution in [2.45, 2.75) is 25.9 Å². The van der Waals surface area contributed by atoms with Gasteiger partial charge in [-0.2, -0.15) is 4.98 Å². The smallest absolute Gasteiger partial charge is 0.240 e. The van der Waals surface area contributed by atoms with Gasteiger partial charge in [0.05, 0.1) is 6.54 Å². The average molecular weight is 196 g/mol. The molecular formula is C9H16N4O. The third kappa shape index (κ3) is 2.10. The van der Waals surface area contributed by atoms with Crippen LogP contribution in [0.4, 0.5) is 0 Å². The Morgan fingerprint density at radius 1 is 1.64 bits per heavy atom. The van der Waals surface area contributed by atoms with Crippen molar-refractivity contribution in [2.75, 3.05) is 19.6 Å². The van der Waals surface area contributed by atoms with Gasteiger partial charge in [0.1, 0.15) is 0 Å². The monoisotopic (exact) mass is 196 g/mol. The van der Waals surface area contributed by atoms with Crippen molar-refractivity contribution >= 4 is 0 Å². The summed E-state index contributed by atoms with van der Waals surface area (Å²) in [5, 5.41) is 6.88. The van der Waals surface area contributed by atoms with Crippen LogP contribution in [0.3, 0.4) is 0 Å². The number of hydrogen-bond donors (Lipinski definition) is 1. The van der Waals surface area contributed by atoms with Crippen molar-refractivity contribution in [2.24, 2.45) is 0 Å². The third-order valence-corrected chi connectivity index (χ3v) is 2.53. The Labute approximate surface area is 83.5 Å². The molecular weight excluding hydrogens is 180 g/mol. The molecule has 1 saturated heterocycles. The molecule has 5 nitrogen and oxygen atoms in total. The standard InChI is InChI=1S/C9H16N4O/c1-2-3-13(8-4-10-5-8)6-9-11-7-12-14-9/h7-8,10H,2-6H2,1H3. The van der Waals surface area contributed by atoms with Crippen molar-refractivity contribution in [3.8, 4) is 0 Å². The normalized spacial score (nSPS) is 17.3. The zero-order valence-corrected chi connectivity index (χ0v) is 8.44. The van der Waals surface area contributed by atoms with Crippen molar-refractivity contribution < 1.29 is 4.52 Å². The Kier molecular flexibility index (Phi) is 3.10. The van der Waals surface area contributed by atoms with E-state index in [9.17, 15) is 0 Å². The molecule has 1 aromatic rings. The first-order chi connectivity index (χ1) is 6.90. The van der Waals surface area contributed by atoms with E-state index in [1.165, 1.54) is 6.33 Å². The summed E-state index contributed by atoms with van der Waals surface area (Å²) >= 11 is 0. The second-order valence-corrected chi connectivity index (χ2v) is 3.62.